The molecule has 0 aliphatic heterocycles. The van der Waals surface area contributed by atoms with E-state index in [0.717, 1.165) is 10.0 Å². The van der Waals surface area contributed by atoms with Crippen molar-refractivity contribution in [2.24, 2.45) is 5.73 Å². The van der Waals surface area contributed by atoms with Crippen LogP contribution >= 0.6 is 15.9 Å². The van der Waals surface area contributed by atoms with Gasteiger partial charge in [-0.05, 0) is 30.7 Å². The molecular weight excluding hydrogens is 274 g/mol. The fraction of sp³-hybridized carbons (Fsp3) is 0.364. The molecule has 16 heavy (non-hydrogen) atoms. The second-order valence-electron chi connectivity index (χ2n) is 3.33. The first-order chi connectivity index (χ1) is 7.63. The summed E-state index contributed by atoms with van der Waals surface area (Å²) in [4.78, 5) is 11.2. The molecule has 0 radical (unpaired) electrons. The monoisotopic (exact) mass is 287 g/mol. The normalized spacial score (nSPS) is 12.2. The van der Waals surface area contributed by atoms with Gasteiger partial charge in [0.2, 0.25) is 0 Å². The van der Waals surface area contributed by atoms with Crippen LogP contribution in [-0.2, 0) is 16.1 Å². The molecule has 1 rings (SSSR count). The quantitative estimate of drug-likeness (QED) is 0.799. The van der Waals surface area contributed by atoms with Crippen LogP contribution in [0.2, 0.25) is 0 Å². The number of hydrogen-bond acceptors (Lipinski definition) is 4. The number of rotatable bonds is 5. The zero-order chi connectivity index (χ0) is 12.0. The van der Waals surface area contributed by atoms with Gasteiger partial charge in [-0.2, -0.15) is 0 Å². The molecule has 1 aromatic carbocycles. The van der Waals surface area contributed by atoms with Crippen LogP contribution in [0.4, 0.5) is 0 Å². The first-order valence-electron chi connectivity index (χ1n) is 4.92. The Morgan fingerprint density at radius 1 is 1.44 bits per heavy atom. The van der Waals surface area contributed by atoms with Crippen LogP contribution < -0.4 is 5.73 Å². The van der Waals surface area contributed by atoms with Gasteiger partial charge in [0.25, 0.3) is 0 Å². The van der Waals surface area contributed by atoms with E-state index < -0.39 is 12.1 Å². The maximum Gasteiger partial charge on any atom is 0.335 e. The van der Waals surface area contributed by atoms with Gasteiger partial charge in [0.15, 0.2) is 6.10 Å². The highest BCUT2D eigenvalue weighted by atomic mass is 79.9. The highest BCUT2D eigenvalue weighted by molar-refractivity contribution is 9.10. The minimum Gasteiger partial charge on any atom is -0.459 e. The van der Waals surface area contributed by atoms with E-state index in [-0.39, 0.29) is 19.6 Å². The van der Waals surface area contributed by atoms with Crippen LogP contribution in [0.25, 0.3) is 0 Å². The van der Waals surface area contributed by atoms with Gasteiger partial charge in [-0.1, -0.05) is 28.1 Å². The minimum absolute atomic E-state index is 0.160. The number of carbonyl (C=O) groups is 1. The molecule has 0 aliphatic rings. The summed E-state index contributed by atoms with van der Waals surface area (Å²) in [5.74, 6) is -0.631. The zero-order valence-electron chi connectivity index (χ0n) is 8.73. The molecule has 0 heterocycles. The van der Waals surface area contributed by atoms with Gasteiger partial charge in [-0.3, -0.25) is 0 Å². The summed E-state index contributed by atoms with van der Waals surface area (Å²) in [6, 6.07) is 7.40. The number of halogens is 1. The Bertz CT molecular complexity index is 340. The van der Waals surface area contributed by atoms with Gasteiger partial charge in [0.1, 0.15) is 6.61 Å². The molecule has 0 aromatic heterocycles. The lowest BCUT2D eigenvalue weighted by Gasteiger charge is -2.09. The van der Waals surface area contributed by atoms with Gasteiger partial charge in [0, 0.05) is 4.47 Å². The van der Waals surface area contributed by atoms with Crippen LogP contribution in [0.5, 0.6) is 0 Å². The second-order valence-corrected chi connectivity index (χ2v) is 4.24. The average molecular weight is 288 g/mol. The third-order valence-corrected chi connectivity index (χ3v) is 2.54. The lowest BCUT2D eigenvalue weighted by Crippen LogP contribution is -2.25. The van der Waals surface area contributed by atoms with Gasteiger partial charge in [-0.25, -0.2) is 4.79 Å². The van der Waals surface area contributed by atoms with E-state index >= 15 is 0 Å². The highest BCUT2D eigenvalue weighted by Crippen LogP contribution is 2.11. The average Bonchev–Trinajstić information content (AvgIpc) is 2.28. The van der Waals surface area contributed by atoms with E-state index in [1.165, 1.54) is 0 Å². The van der Waals surface area contributed by atoms with Gasteiger partial charge >= 0.3 is 5.97 Å². The van der Waals surface area contributed by atoms with Crippen LogP contribution in [-0.4, -0.2) is 23.7 Å². The maximum atomic E-state index is 11.2. The number of ether oxygens (including phenoxy) is 1. The fourth-order valence-electron chi connectivity index (χ4n) is 1.11. The van der Waals surface area contributed by atoms with Gasteiger partial charge < -0.3 is 15.6 Å². The topological polar surface area (TPSA) is 72.5 Å². The summed E-state index contributed by atoms with van der Waals surface area (Å²) in [6.45, 7) is 0.419. The largest absolute Gasteiger partial charge is 0.459 e. The predicted molar refractivity (Wildman–Crippen MR) is 63.6 cm³/mol. The Hall–Kier alpha value is -0.910. The SMILES string of the molecule is NCC[C@H](O)C(=O)OCc1ccc(Br)cc1. The molecule has 1 aromatic rings. The lowest BCUT2D eigenvalue weighted by molar-refractivity contribution is -0.155. The lowest BCUT2D eigenvalue weighted by atomic mass is 10.2. The third kappa shape index (κ3) is 4.30. The molecule has 0 saturated carbocycles. The minimum atomic E-state index is -1.12. The Kier molecular flexibility index (Phi) is 5.45. The van der Waals surface area contributed by atoms with Crippen molar-refractivity contribution in [3.63, 3.8) is 0 Å². The second kappa shape index (κ2) is 6.62. The number of hydrogen-bond donors (Lipinski definition) is 2. The van der Waals surface area contributed by atoms with Gasteiger partial charge in [0.05, 0.1) is 0 Å². The Balaban J connectivity index is 2.39. The standard InChI is InChI=1S/C11H14BrNO3/c12-9-3-1-8(2-4-9)7-16-11(15)10(14)5-6-13/h1-4,10,14H,5-7,13H2/t10-/m0/s1. The smallest absolute Gasteiger partial charge is 0.335 e. The van der Waals surface area contributed by atoms with Crippen LogP contribution in [0.3, 0.4) is 0 Å². The Labute approximate surface area is 103 Å². The third-order valence-electron chi connectivity index (χ3n) is 2.01. The van der Waals surface area contributed by atoms with Crippen LogP contribution in [0.15, 0.2) is 28.7 Å². The van der Waals surface area contributed by atoms with E-state index in [1.807, 2.05) is 24.3 Å². The van der Waals surface area contributed by atoms with E-state index in [4.69, 9.17) is 10.5 Å². The van der Waals surface area contributed by atoms with E-state index in [1.54, 1.807) is 0 Å². The number of benzene rings is 1. The van der Waals surface area contributed by atoms with Crippen LogP contribution in [0, 0.1) is 0 Å². The maximum absolute atomic E-state index is 11.2. The molecule has 0 saturated heterocycles. The molecule has 0 fully saturated rings. The highest BCUT2D eigenvalue weighted by Gasteiger charge is 2.15. The molecule has 5 heteroatoms. The molecule has 0 amide bonds. The van der Waals surface area contributed by atoms with Crippen molar-refractivity contribution in [3.05, 3.63) is 34.3 Å². The van der Waals surface area contributed by atoms with Crippen molar-refractivity contribution in [3.8, 4) is 0 Å². The van der Waals surface area contributed by atoms with Crippen LogP contribution in [0.1, 0.15) is 12.0 Å². The summed E-state index contributed by atoms with van der Waals surface area (Å²) in [5.41, 5.74) is 6.09. The molecule has 0 bridgehead atoms. The predicted octanol–water partition coefficient (Wildman–Crippen LogP) is 1.20. The first-order valence-corrected chi connectivity index (χ1v) is 5.72. The molecule has 0 spiro atoms. The Morgan fingerprint density at radius 2 is 2.06 bits per heavy atom. The summed E-state index contributed by atoms with van der Waals surface area (Å²) >= 11 is 3.31. The number of aliphatic hydroxyl groups is 1. The summed E-state index contributed by atoms with van der Waals surface area (Å²) in [6.07, 6.45) is -0.903. The summed E-state index contributed by atoms with van der Waals surface area (Å²) < 4.78 is 5.89. The van der Waals surface area contributed by atoms with Crippen molar-refractivity contribution in [1.82, 2.24) is 0 Å². The summed E-state index contributed by atoms with van der Waals surface area (Å²) in [5, 5.41) is 9.28. The number of carbonyl (C=O) groups excluding carboxylic acids is 1. The molecule has 4 nitrogen and oxygen atoms in total. The van der Waals surface area contributed by atoms with E-state index in [9.17, 15) is 9.90 Å². The van der Waals surface area contributed by atoms with Crippen molar-refractivity contribution in [1.29, 1.82) is 0 Å². The zero-order valence-corrected chi connectivity index (χ0v) is 10.3. The number of aliphatic hydroxyl groups excluding tert-OH is 1. The number of nitrogens with two attached hydrogens (primary N) is 1. The molecule has 88 valence electrons. The van der Waals surface area contributed by atoms with Crippen molar-refractivity contribution >= 4 is 21.9 Å². The molecule has 0 unspecified atom stereocenters. The Morgan fingerprint density at radius 3 is 2.62 bits per heavy atom. The molecular formula is C11H14BrNO3. The number of esters is 1. The fourth-order valence-corrected chi connectivity index (χ4v) is 1.37. The van der Waals surface area contributed by atoms with E-state index in [2.05, 4.69) is 15.9 Å². The van der Waals surface area contributed by atoms with E-state index in [0.29, 0.717) is 0 Å². The van der Waals surface area contributed by atoms with Gasteiger partial charge in [-0.15, -0.1) is 0 Å². The first kappa shape index (κ1) is 13.2. The van der Waals surface area contributed by atoms with Crippen molar-refractivity contribution in [2.45, 2.75) is 19.1 Å². The van der Waals surface area contributed by atoms with Crippen molar-refractivity contribution < 1.29 is 14.6 Å². The molecule has 3 N–H and O–H groups in total. The molecule has 1 atom stereocenters. The molecule has 0 aliphatic carbocycles. The summed E-state index contributed by atoms with van der Waals surface area (Å²) in [7, 11) is 0. The van der Waals surface area contributed by atoms with Crippen molar-refractivity contribution in [2.75, 3.05) is 6.54 Å².